The molecule has 0 aromatic heterocycles. The van der Waals surface area contributed by atoms with Crippen LogP contribution in [0, 0.1) is 0 Å². The molecule has 1 heterocycles. The summed E-state index contributed by atoms with van der Waals surface area (Å²) >= 11 is 12.3. The Balaban J connectivity index is 1.40. The van der Waals surface area contributed by atoms with Gasteiger partial charge in [-0.3, -0.25) is 9.59 Å². The van der Waals surface area contributed by atoms with Crippen LogP contribution in [-0.4, -0.2) is 29.6 Å². The van der Waals surface area contributed by atoms with E-state index < -0.39 is 11.9 Å². The number of carboxylic acid groups (broad SMARTS) is 1. The van der Waals surface area contributed by atoms with E-state index in [0.717, 1.165) is 5.56 Å². The zero-order valence-corrected chi connectivity index (χ0v) is 19.9. The van der Waals surface area contributed by atoms with Crippen molar-refractivity contribution in [3.63, 3.8) is 0 Å². The van der Waals surface area contributed by atoms with Crippen molar-refractivity contribution in [2.24, 2.45) is 0 Å². The van der Waals surface area contributed by atoms with Crippen LogP contribution in [0.3, 0.4) is 0 Å². The minimum Gasteiger partial charge on any atom is -0.493 e. The van der Waals surface area contributed by atoms with E-state index in [4.69, 9.17) is 32.7 Å². The second kappa shape index (κ2) is 10.4. The summed E-state index contributed by atoms with van der Waals surface area (Å²) in [7, 11) is 0. The number of ether oxygens (including phenoxy) is 2. The van der Waals surface area contributed by atoms with E-state index in [1.54, 1.807) is 36.4 Å². The normalized spacial score (nSPS) is 15.6. The lowest BCUT2D eigenvalue weighted by atomic mass is 9.93. The molecule has 3 aromatic carbocycles. The second-order valence-electron chi connectivity index (χ2n) is 8.18. The molecule has 1 aliphatic rings. The van der Waals surface area contributed by atoms with Gasteiger partial charge in [-0.05, 0) is 67.8 Å². The lowest BCUT2D eigenvalue weighted by molar-refractivity contribution is -0.139. The predicted octanol–water partition coefficient (Wildman–Crippen LogP) is 6.10. The largest absolute Gasteiger partial charge is 0.493 e. The lowest BCUT2D eigenvalue weighted by Gasteiger charge is -2.24. The summed E-state index contributed by atoms with van der Waals surface area (Å²) in [5.74, 6) is -0.476. The van der Waals surface area contributed by atoms with Crippen LogP contribution in [0.4, 0.5) is 0 Å². The molecule has 0 aliphatic carbocycles. The molecule has 8 heteroatoms. The topological polar surface area (TPSA) is 84.9 Å². The maximum atomic E-state index is 12.6. The van der Waals surface area contributed by atoms with E-state index in [1.807, 2.05) is 31.2 Å². The standard InChI is InChI=1S/C26H23Cl2NO5/c1-15(12-16-2-6-18(27)7-3-16)29-25(30)17-4-8-19(9-5-17)34-24-14-23-21(13-22(24)28)20(26(31)32)10-11-33-23/h2-9,13-15,20H,10-12H2,1H3,(H,29,30)(H,31,32). The molecule has 1 aliphatic heterocycles. The minimum atomic E-state index is -0.911. The Morgan fingerprint density at radius 2 is 1.82 bits per heavy atom. The third kappa shape index (κ3) is 5.64. The molecule has 0 saturated carbocycles. The van der Waals surface area contributed by atoms with Gasteiger partial charge in [0.1, 0.15) is 17.2 Å². The van der Waals surface area contributed by atoms with Crippen molar-refractivity contribution in [2.75, 3.05) is 6.61 Å². The van der Waals surface area contributed by atoms with Crippen molar-refractivity contribution in [1.82, 2.24) is 5.32 Å². The summed E-state index contributed by atoms with van der Waals surface area (Å²) in [6, 6.07) is 17.3. The van der Waals surface area contributed by atoms with Crippen molar-refractivity contribution in [1.29, 1.82) is 0 Å². The zero-order chi connectivity index (χ0) is 24.2. The molecule has 0 radical (unpaired) electrons. The van der Waals surface area contributed by atoms with Gasteiger partial charge in [0.15, 0.2) is 0 Å². The SMILES string of the molecule is CC(Cc1ccc(Cl)cc1)NC(=O)c1ccc(Oc2cc3c(cc2Cl)C(C(=O)O)CCO3)cc1. The number of hydrogen-bond donors (Lipinski definition) is 2. The van der Waals surface area contributed by atoms with E-state index >= 15 is 0 Å². The molecule has 0 fully saturated rings. The van der Waals surface area contributed by atoms with Gasteiger partial charge >= 0.3 is 5.97 Å². The van der Waals surface area contributed by atoms with E-state index in [9.17, 15) is 14.7 Å². The number of rotatable bonds is 7. The fraction of sp³-hybridized carbons (Fsp3) is 0.231. The first kappa shape index (κ1) is 23.9. The van der Waals surface area contributed by atoms with Crippen LogP contribution in [-0.2, 0) is 11.2 Å². The number of halogens is 2. The summed E-state index contributed by atoms with van der Waals surface area (Å²) in [6.07, 6.45) is 1.08. The van der Waals surface area contributed by atoms with Crippen molar-refractivity contribution in [3.05, 3.63) is 87.4 Å². The van der Waals surface area contributed by atoms with Crippen LogP contribution < -0.4 is 14.8 Å². The van der Waals surface area contributed by atoms with Crippen molar-refractivity contribution < 1.29 is 24.2 Å². The minimum absolute atomic E-state index is 0.0615. The van der Waals surface area contributed by atoms with Gasteiger partial charge in [0.2, 0.25) is 0 Å². The van der Waals surface area contributed by atoms with E-state index in [0.29, 0.717) is 52.8 Å². The first-order chi connectivity index (χ1) is 16.3. The molecule has 0 saturated heterocycles. The van der Waals surface area contributed by atoms with Crippen molar-refractivity contribution in [2.45, 2.75) is 31.7 Å². The third-order valence-electron chi connectivity index (χ3n) is 5.58. The Bertz CT molecular complexity index is 1200. The van der Waals surface area contributed by atoms with Gasteiger partial charge in [0.05, 0.1) is 17.5 Å². The van der Waals surface area contributed by atoms with Gasteiger partial charge in [0.25, 0.3) is 5.91 Å². The molecule has 2 N–H and O–H groups in total. The van der Waals surface area contributed by atoms with E-state index in [-0.39, 0.29) is 17.0 Å². The molecule has 0 spiro atoms. The van der Waals surface area contributed by atoms with Gasteiger partial charge in [-0.2, -0.15) is 0 Å². The summed E-state index contributed by atoms with van der Waals surface area (Å²) < 4.78 is 11.5. The van der Waals surface area contributed by atoms with Gasteiger partial charge in [0, 0.05) is 28.3 Å². The molecule has 6 nitrogen and oxygen atoms in total. The average Bonchev–Trinajstić information content (AvgIpc) is 2.81. The van der Waals surface area contributed by atoms with E-state index in [2.05, 4.69) is 5.32 Å². The Morgan fingerprint density at radius 1 is 1.12 bits per heavy atom. The number of nitrogens with one attached hydrogen (secondary N) is 1. The van der Waals surface area contributed by atoms with Gasteiger partial charge in [-0.1, -0.05) is 35.3 Å². The second-order valence-corrected chi connectivity index (χ2v) is 9.02. The highest BCUT2D eigenvalue weighted by Gasteiger charge is 2.29. The molecule has 0 bridgehead atoms. The van der Waals surface area contributed by atoms with Crippen LogP contribution in [0.15, 0.2) is 60.7 Å². The number of hydrogen-bond acceptors (Lipinski definition) is 4. The fourth-order valence-corrected chi connectivity index (χ4v) is 4.19. The molecule has 3 aromatic rings. The highest BCUT2D eigenvalue weighted by molar-refractivity contribution is 6.32. The average molecular weight is 500 g/mol. The van der Waals surface area contributed by atoms with E-state index in [1.165, 1.54) is 0 Å². The Morgan fingerprint density at radius 3 is 2.50 bits per heavy atom. The maximum Gasteiger partial charge on any atom is 0.311 e. The van der Waals surface area contributed by atoms with Crippen LogP contribution in [0.2, 0.25) is 10.0 Å². The summed E-state index contributed by atoms with van der Waals surface area (Å²) in [5, 5.41) is 13.4. The van der Waals surface area contributed by atoms with Crippen LogP contribution in [0.25, 0.3) is 0 Å². The number of benzene rings is 3. The molecule has 1 amide bonds. The van der Waals surface area contributed by atoms with Crippen LogP contribution >= 0.6 is 23.2 Å². The Kier molecular flexibility index (Phi) is 7.29. The number of carboxylic acids is 1. The molecule has 2 atom stereocenters. The number of carbonyl (C=O) groups excluding carboxylic acids is 1. The number of fused-ring (bicyclic) bond motifs is 1. The molecular formula is C26H23Cl2NO5. The van der Waals surface area contributed by atoms with Crippen molar-refractivity contribution in [3.8, 4) is 17.2 Å². The third-order valence-corrected chi connectivity index (χ3v) is 6.13. The fourth-order valence-electron chi connectivity index (χ4n) is 3.86. The maximum absolute atomic E-state index is 12.6. The number of aliphatic carboxylic acids is 1. The summed E-state index contributed by atoms with van der Waals surface area (Å²) in [4.78, 5) is 24.1. The number of carbonyl (C=O) groups is 2. The van der Waals surface area contributed by atoms with Gasteiger partial charge in [-0.25, -0.2) is 0 Å². The highest BCUT2D eigenvalue weighted by atomic mass is 35.5. The molecular weight excluding hydrogens is 477 g/mol. The quantitative estimate of drug-likeness (QED) is 0.410. The smallest absolute Gasteiger partial charge is 0.311 e. The number of amides is 1. The molecule has 34 heavy (non-hydrogen) atoms. The predicted molar refractivity (Wildman–Crippen MR) is 131 cm³/mol. The molecule has 176 valence electrons. The first-order valence-electron chi connectivity index (χ1n) is 10.8. The Labute approximate surface area is 207 Å². The Hall–Kier alpha value is -3.22. The monoisotopic (exact) mass is 499 g/mol. The summed E-state index contributed by atoms with van der Waals surface area (Å²) in [5.41, 5.74) is 2.12. The van der Waals surface area contributed by atoms with Crippen LogP contribution in [0.1, 0.15) is 40.7 Å². The van der Waals surface area contributed by atoms with Crippen molar-refractivity contribution >= 4 is 35.1 Å². The van der Waals surface area contributed by atoms with Crippen LogP contribution in [0.5, 0.6) is 17.2 Å². The zero-order valence-electron chi connectivity index (χ0n) is 18.4. The highest BCUT2D eigenvalue weighted by Crippen LogP contribution is 2.41. The molecule has 2 unspecified atom stereocenters. The first-order valence-corrected chi connectivity index (χ1v) is 11.6. The van der Waals surface area contributed by atoms with Gasteiger partial charge in [-0.15, -0.1) is 0 Å². The molecule has 4 rings (SSSR count). The summed E-state index contributed by atoms with van der Waals surface area (Å²) in [6.45, 7) is 2.25. The van der Waals surface area contributed by atoms with Gasteiger partial charge < -0.3 is 19.9 Å². The lowest BCUT2D eigenvalue weighted by Crippen LogP contribution is -2.34.